The van der Waals surface area contributed by atoms with Crippen molar-refractivity contribution in [2.24, 2.45) is 5.92 Å². The Labute approximate surface area is 172 Å². The van der Waals surface area contributed by atoms with Gasteiger partial charge in [0.15, 0.2) is 0 Å². The van der Waals surface area contributed by atoms with Crippen LogP contribution in [0.1, 0.15) is 30.4 Å². The largest absolute Gasteiger partial charge is 0.312 e. The number of nitrogens with zero attached hydrogens (tertiary/aromatic N) is 2. The molecule has 29 heavy (non-hydrogen) atoms. The summed E-state index contributed by atoms with van der Waals surface area (Å²) < 4.78 is 0. The highest BCUT2D eigenvalue weighted by molar-refractivity contribution is 5.96. The van der Waals surface area contributed by atoms with Crippen molar-refractivity contribution >= 4 is 22.4 Å². The molecule has 2 aliphatic rings. The third kappa shape index (κ3) is 3.67. The lowest BCUT2D eigenvalue weighted by atomic mass is 9.93. The van der Waals surface area contributed by atoms with Crippen LogP contribution in [-0.4, -0.2) is 30.4 Å². The topological polar surface area (TPSA) is 23.6 Å². The van der Waals surface area contributed by atoms with Gasteiger partial charge in [-0.2, -0.15) is 0 Å². The minimum absolute atomic E-state index is 0.102. The Morgan fingerprint density at radius 2 is 1.72 bits per heavy atom. The third-order valence-electron chi connectivity index (χ3n) is 6.50. The van der Waals surface area contributed by atoms with Crippen LogP contribution in [0, 0.1) is 5.92 Å². The van der Waals surface area contributed by atoms with Gasteiger partial charge in [-0.1, -0.05) is 60.7 Å². The summed E-state index contributed by atoms with van der Waals surface area (Å²) in [6.45, 7) is 3.71. The molecule has 0 spiro atoms. The van der Waals surface area contributed by atoms with Gasteiger partial charge in [0.25, 0.3) is 0 Å². The van der Waals surface area contributed by atoms with Crippen LogP contribution in [-0.2, 0) is 17.8 Å². The van der Waals surface area contributed by atoms with Gasteiger partial charge in [0.1, 0.15) is 0 Å². The Hall–Kier alpha value is -2.65. The Morgan fingerprint density at radius 1 is 0.897 bits per heavy atom. The first-order chi connectivity index (χ1) is 14.3. The molecule has 3 heteroatoms. The number of piperidine rings is 1. The van der Waals surface area contributed by atoms with E-state index in [1.165, 1.54) is 21.9 Å². The first kappa shape index (κ1) is 18.4. The van der Waals surface area contributed by atoms with E-state index in [1.807, 2.05) is 0 Å². The van der Waals surface area contributed by atoms with Crippen molar-refractivity contribution < 1.29 is 4.79 Å². The fraction of sp³-hybridized carbons (Fsp3) is 0.346. The van der Waals surface area contributed by atoms with Crippen molar-refractivity contribution in [3.8, 4) is 0 Å². The summed E-state index contributed by atoms with van der Waals surface area (Å²) in [5.41, 5.74) is 3.81. The second-order valence-electron chi connectivity index (χ2n) is 8.43. The number of carbonyl (C=O) groups excluding carboxylic acids is 1. The van der Waals surface area contributed by atoms with Crippen molar-refractivity contribution in [1.29, 1.82) is 0 Å². The summed E-state index contributed by atoms with van der Waals surface area (Å²) in [5, 5.41) is 2.62. The lowest BCUT2D eigenvalue weighted by molar-refractivity contribution is -0.124. The number of rotatable bonds is 3. The van der Waals surface area contributed by atoms with Gasteiger partial charge in [-0.05, 0) is 60.2 Å². The van der Waals surface area contributed by atoms with E-state index < -0.39 is 0 Å². The summed E-state index contributed by atoms with van der Waals surface area (Å²) in [4.78, 5) is 18.0. The highest BCUT2D eigenvalue weighted by Gasteiger charge is 2.31. The second-order valence-corrected chi connectivity index (χ2v) is 8.43. The average molecular weight is 385 g/mol. The van der Waals surface area contributed by atoms with Crippen LogP contribution < -0.4 is 4.90 Å². The number of hydrogen-bond acceptors (Lipinski definition) is 2. The molecule has 1 atom stereocenters. The number of amides is 1. The summed E-state index contributed by atoms with van der Waals surface area (Å²) in [6, 6.07) is 23.6. The summed E-state index contributed by atoms with van der Waals surface area (Å²) in [6.07, 6.45) is 4.24. The molecule has 2 aliphatic heterocycles. The Morgan fingerprint density at radius 3 is 2.69 bits per heavy atom. The smallest absolute Gasteiger partial charge is 0.231 e. The molecule has 1 fully saturated rings. The molecule has 0 aliphatic carbocycles. The van der Waals surface area contributed by atoms with Crippen molar-refractivity contribution in [2.75, 3.05) is 24.5 Å². The summed E-state index contributed by atoms with van der Waals surface area (Å²) in [5.74, 6) is 0.421. The van der Waals surface area contributed by atoms with Gasteiger partial charge in [0, 0.05) is 25.3 Å². The molecule has 0 bridgehead atoms. The van der Waals surface area contributed by atoms with Gasteiger partial charge in [-0.25, -0.2) is 0 Å². The highest BCUT2D eigenvalue weighted by Crippen LogP contribution is 2.30. The SMILES string of the molecule is O=C(C1CCCN(Cc2cccc3ccccc23)C1)N1CCCc2ccccc21. The number of aryl methyl sites for hydroxylation is 1. The molecule has 3 nitrogen and oxygen atoms in total. The number of hydrogen-bond donors (Lipinski definition) is 0. The van der Waals surface area contributed by atoms with Crippen LogP contribution in [0.3, 0.4) is 0 Å². The van der Waals surface area contributed by atoms with Crippen LogP contribution >= 0.6 is 0 Å². The molecule has 3 aromatic carbocycles. The van der Waals surface area contributed by atoms with E-state index >= 15 is 0 Å². The maximum Gasteiger partial charge on any atom is 0.231 e. The molecular weight excluding hydrogens is 356 g/mol. The summed E-state index contributed by atoms with van der Waals surface area (Å²) in [7, 11) is 0. The zero-order chi connectivity index (χ0) is 19.6. The third-order valence-corrected chi connectivity index (χ3v) is 6.50. The zero-order valence-electron chi connectivity index (χ0n) is 16.9. The van der Waals surface area contributed by atoms with Crippen LogP contribution in [0.2, 0.25) is 0 Å². The predicted octanol–water partition coefficient (Wildman–Crippen LogP) is 5.03. The monoisotopic (exact) mass is 384 g/mol. The van der Waals surface area contributed by atoms with E-state index in [1.54, 1.807) is 0 Å². The maximum absolute atomic E-state index is 13.4. The highest BCUT2D eigenvalue weighted by atomic mass is 16.2. The van der Waals surface area contributed by atoms with E-state index in [2.05, 4.69) is 76.5 Å². The molecule has 0 aromatic heterocycles. The van der Waals surface area contributed by atoms with Crippen LogP contribution in [0.15, 0.2) is 66.7 Å². The molecular formula is C26H28N2O. The lowest BCUT2D eigenvalue weighted by Gasteiger charge is -2.37. The molecule has 5 rings (SSSR count). The number of carbonyl (C=O) groups is 1. The number of para-hydroxylation sites is 1. The van der Waals surface area contributed by atoms with E-state index in [4.69, 9.17) is 0 Å². The van der Waals surface area contributed by atoms with Crippen LogP contribution in [0.5, 0.6) is 0 Å². The molecule has 3 aromatic rings. The first-order valence-electron chi connectivity index (χ1n) is 10.9. The number of anilines is 1. The van der Waals surface area contributed by atoms with E-state index in [0.717, 1.165) is 57.5 Å². The number of fused-ring (bicyclic) bond motifs is 2. The van der Waals surface area contributed by atoms with Gasteiger partial charge >= 0.3 is 0 Å². The minimum atomic E-state index is 0.102. The Balaban J connectivity index is 1.33. The fourth-order valence-corrected chi connectivity index (χ4v) is 5.05. The van der Waals surface area contributed by atoms with Gasteiger partial charge < -0.3 is 4.90 Å². The van der Waals surface area contributed by atoms with Crippen molar-refractivity contribution in [2.45, 2.75) is 32.2 Å². The summed E-state index contributed by atoms with van der Waals surface area (Å²) >= 11 is 0. The average Bonchev–Trinajstić information content (AvgIpc) is 2.79. The molecule has 1 saturated heterocycles. The molecule has 0 N–H and O–H groups in total. The van der Waals surface area contributed by atoms with Crippen LogP contribution in [0.25, 0.3) is 10.8 Å². The zero-order valence-corrected chi connectivity index (χ0v) is 16.9. The van der Waals surface area contributed by atoms with E-state index in [9.17, 15) is 4.79 Å². The molecule has 148 valence electrons. The second kappa shape index (κ2) is 8.00. The molecule has 0 radical (unpaired) electrons. The molecule has 1 unspecified atom stereocenters. The standard InChI is InChI=1S/C26H28N2O/c29-26(28-17-7-12-21-9-2-4-15-25(21)28)23-13-6-16-27(19-23)18-22-11-5-10-20-8-1-3-14-24(20)22/h1-5,8-11,14-15,23H,6-7,12-13,16-19H2. The van der Waals surface area contributed by atoms with Gasteiger partial charge in [0.2, 0.25) is 5.91 Å². The normalized spacial score (nSPS) is 19.9. The van der Waals surface area contributed by atoms with E-state index in [-0.39, 0.29) is 5.92 Å². The van der Waals surface area contributed by atoms with Gasteiger partial charge in [0.05, 0.1) is 5.92 Å². The number of likely N-dealkylation sites (tertiary alicyclic amines) is 1. The van der Waals surface area contributed by atoms with Crippen LogP contribution in [0.4, 0.5) is 5.69 Å². The molecule has 1 amide bonds. The van der Waals surface area contributed by atoms with E-state index in [0.29, 0.717) is 5.91 Å². The quantitative estimate of drug-likeness (QED) is 0.632. The minimum Gasteiger partial charge on any atom is -0.312 e. The lowest BCUT2D eigenvalue weighted by Crippen LogP contribution is -2.46. The fourth-order valence-electron chi connectivity index (χ4n) is 5.05. The number of benzene rings is 3. The predicted molar refractivity (Wildman–Crippen MR) is 119 cm³/mol. The molecule has 2 heterocycles. The maximum atomic E-state index is 13.4. The van der Waals surface area contributed by atoms with Gasteiger partial charge in [-0.3, -0.25) is 9.69 Å². The van der Waals surface area contributed by atoms with Crippen molar-refractivity contribution in [1.82, 2.24) is 4.90 Å². The first-order valence-corrected chi connectivity index (χ1v) is 10.9. The van der Waals surface area contributed by atoms with Crippen molar-refractivity contribution in [3.05, 3.63) is 77.9 Å². The van der Waals surface area contributed by atoms with Gasteiger partial charge in [-0.15, -0.1) is 0 Å². The Kier molecular flexibility index (Phi) is 5.07. The Bertz CT molecular complexity index is 1020. The van der Waals surface area contributed by atoms with Crippen molar-refractivity contribution in [3.63, 3.8) is 0 Å². The molecule has 0 saturated carbocycles.